The second-order valence-corrected chi connectivity index (χ2v) is 6.04. The zero-order chi connectivity index (χ0) is 12.0. The zero-order valence-corrected chi connectivity index (χ0v) is 10.9. The van der Waals surface area contributed by atoms with Gasteiger partial charge in [-0.05, 0) is 19.4 Å². The van der Waals surface area contributed by atoms with E-state index in [4.69, 9.17) is 0 Å². The van der Waals surface area contributed by atoms with Crippen LogP contribution >= 0.6 is 0 Å². The number of nitrogens with one attached hydrogen (secondary N) is 2. The molecule has 1 amide bonds. The Morgan fingerprint density at radius 3 is 2.62 bits per heavy atom. The van der Waals surface area contributed by atoms with E-state index in [0.29, 0.717) is 0 Å². The third kappa shape index (κ3) is 4.61. The average molecular weight is 246 g/mol. The van der Waals surface area contributed by atoms with E-state index in [9.17, 15) is 9.00 Å². The van der Waals surface area contributed by atoms with Gasteiger partial charge in [-0.2, -0.15) is 0 Å². The van der Waals surface area contributed by atoms with E-state index in [1.165, 1.54) is 0 Å². The maximum atomic E-state index is 11.8. The molecule has 2 N–H and O–H groups in total. The fraction of sp³-hybridized carbons (Fsp3) is 0.909. The molecule has 0 radical (unpaired) electrons. The molecule has 1 rings (SSSR count). The molecular formula is C11H22N2O2S. The summed E-state index contributed by atoms with van der Waals surface area (Å²) in [7, 11) is -0.655. The first-order chi connectivity index (χ1) is 7.63. The molecule has 0 aromatic heterocycles. The molecule has 1 atom stereocenters. The third-order valence-electron chi connectivity index (χ3n) is 2.88. The summed E-state index contributed by atoms with van der Waals surface area (Å²) in [5.74, 6) is 1.57. The summed E-state index contributed by atoms with van der Waals surface area (Å²) in [5.41, 5.74) is 0. The molecule has 1 heterocycles. The van der Waals surface area contributed by atoms with E-state index in [0.717, 1.165) is 37.4 Å². The number of hydrogen-bond acceptors (Lipinski definition) is 3. The summed E-state index contributed by atoms with van der Waals surface area (Å²) in [5, 5.41) is 6.20. The van der Waals surface area contributed by atoms with Crippen LogP contribution in [0.25, 0.3) is 0 Å². The highest BCUT2D eigenvalue weighted by atomic mass is 32.2. The van der Waals surface area contributed by atoms with Crippen molar-refractivity contribution in [3.63, 3.8) is 0 Å². The Morgan fingerprint density at radius 1 is 1.44 bits per heavy atom. The topological polar surface area (TPSA) is 58.2 Å². The SMILES string of the molecule is CCNCC(C)C(=O)NC1CCS(=O)CC1. The van der Waals surface area contributed by atoms with Crippen LogP contribution in [0.2, 0.25) is 0 Å². The predicted octanol–water partition coefficient (Wildman–Crippen LogP) is 0.259. The number of carbonyl (C=O) groups excluding carboxylic acids is 1. The van der Waals surface area contributed by atoms with Crippen molar-refractivity contribution >= 4 is 16.7 Å². The van der Waals surface area contributed by atoms with Crippen LogP contribution in [0.4, 0.5) is 0 Å². The minimum absolute atomic E-state index is 0.00683. The van der Waals surface area contributed by atoms with Gasteiger partial charge in [-0.25, -0.2) is 0 Å². The Kier molecular flexibility index (Phi) is 5.98. The van der Waals surface area contributed by atoms with Gasteiger partial charge in [-0.15, -0.1) is 0 Å². The van der Waals surface area contributed by atoms with Crippen LogP contribution in [0.1, 0.15) is 26.7 Å². The van der Waals surface area contributed by atoms with Crippen LogP contribution < -0.4 is 10.6 Å². The summed E-state index contributed by atoms with van der Waals surface area (Å²) >= 11 is 0. The first-order valence-electron chi connectivity index (χ1n) is 5.99. The number of hydrogen-bond donors (Lipinski definition) is 2. The monoisotopic (exact) mass is 246 g/mol. The highest BCUT2D eigenvalue weighted by molar-refractivity contribution is 7.85. The Morgan fingerprint density at radius 2 is 2.06 bits per heavy atom. The van der Waals surface area contributed by atoms with Gasteiger partial charge in [0.1, 0.15) is 0 Å². The smallest absolute Gasteiger partial charge is 0.224 e. The molecule has 0 saturated carbocycles. The lowest BCUT2D eigenvalue weighted by Crippen LogP contribution is -2.43. The Balaban J connectivity index is 2.25. The molecule has 0 aromatic carbocycles. The van der Waals surface area contributed by atoms with Gasteiger partial charge in [0.05, 0.1) is 0 Å². The van der Waals surface area contributed by atoms with Crippen molar-refractivity contribution in [3.05, 3.63) is 0 Å². The first kappa shape index (κ1) is 13.6. The molecule has 94 valence electrons. The van der Waals surface area contributed by atoms with Gasteiger partial charge in [0.25, 0.3) is 0 Å². The second-order valence-electron chi connectivity index (χ2n) is 4.34. The van der Waals surface area contributed by atoms with E-state index in [1.54, 1.807) is 0 Å². The minimum Gasteiger partial charge on any atom is -0.353 e. The van der Waals surface area contributed by atoms with Crippen LogP contribution in [0, 0.1) is 5.92 Å². The van der Waals surface area contributed by atoms with Gasteiger partial charge in [0.15, 0.2) is 0 Å². The second kappa shape index (κ2) is 7.01. The van der Waals surface area contributed by atoms with Crippen molar-refractivity contribution in [2.75, 3.05) is 24.6 Å². The van der Waals surface area contributed by atoms with E-state index < -0.39 is 10.8 Å². The molecular weight excluding hydrogens is 224 g/mol. The normalized spacial score (nSPS) is 27.4. The molecule has 1 unspecified atom stereocenters. The van der Waals surface area contributed by atoms with E-state index in [-0.39, 0.29) is 17.9 Å². The van der Waals surface area contributed by atoms with Crippen LogP contribution in [0.3, 0.4) is 0 Å². The predicted molar refractivity (Wildman–Crippen MR) is 66.7 cm³/mol. The zero-order valence-electron chi connectivity index (χ0n) is 10.1. The molecule has 0 aliphatic carbocycles. The average Bonchev–Trinajstić information content (AvgIpc) is 2.29. The van der Waals surface area contributed by atoms with Crippen molar-refractivity contribution in [2.45, 2.75) is 32.7 Å². The van der Waals surface area contributed by atoms with Crippen LogP contribution in [0.5, 0.6) is 0 Å². The van der Waals surface area contributed by atoms with Gasteiger partial charge in [0.2, 0.25) is 5.91 Å². The maximum Gasteiger partial charge on any atom is 0.224 e. The number of amides is 1. The lowest BCUT2D eigenvalue weighted by Gasteiger charge is -2.24. The minimum atomic E-state index is -0.655. The maximum absolute atomic E-state index is 11.8. The fourth-order valence-electron chi connectivity index (χ4n) is 1.74. The molecule has 1 fully saturated rings. The lowest BCUT2D eigenvalue weighted by atomic mass is 10.1. The Labute approximate surface area is 100 Å². The molecule has 0 bridgehead atoms. The molecule has 16 heavy (non-hydrogen) atoms. The first-order valence-corrected chi connectivity index (χ1v) is 7.48. The van der Waals surface area contributed by atoms with E-state index in [2.05, 4.69) is 10.6 Å². The van der Waals surface area contributed by atoms with Crippen LogP contribution in [0.15, 0.2) is 0 Å². The highest BCUT2D eigenvalue weighted by Gasteiger charge is 2.21. The molecule has 5 heteroatoms. The van der Waals surface area contributed by atoms with Crippen LogP contribution in [-0.4, -0.2) is 40.8 Å². The van der Waals surface area contributed by atoms with E-state index >= 15 is 0 Å². The Hall–Kier alpha value is -0.420. The van der Waals surface area contributed by atoms with Crippen molar-refractivity contribution in [1.82, 2.24) is 10.6 Å². The van der Waals surface area contributed by atoms with Crippen molar-refractivity contribution < 1.29 is 9.00 Å². The molecule has 4 nitrogen and oxygen atoms in total. The van der Waals surface area contributed by atoms with Crippen molar-refractivity contribution in [3.8, 4) is 0 Å². The third-order valence-corrected chi connectivity index (χ3v) is 4.26. The largest absolute Gasteiger partial charge is 0.353 e. The summed E-state index contributed by atoms with van der Waals surface area (Å²) in [6.07, 6.45) is 1.71. The van der Waals surface area contributed by atoms with Gasteiger partial charge >= 0.3 is 0 Å². The quantitative estimate of drug-likeness (QED) is 0.731. The van der Waals surface area contributed by atoms with Gasteiger partial charge in [-0.3, -0.25) is 9.00 Å². The summed E-state index contributed by atoms with van der Waals surface area (Å²) in [4.78, 5) is 11.8. The molecule has 1 aliphatic heterocycles. The summed E-state index contributed by atoms with van der Waals surface area (Å²) in [6, 6.07) is 0.231. The van der Waals surface area contributed by atoms with Gasteiger partial charge in [-0.1, -0.05) is 13.8 Å². The molecule has 1 aliphatic rings. The number of carbonyl (C=O) groups is 1. The molecule has 0 aromatic rings. The highest BCUT2D eigenvalue weighted by Crippen LogP contribution is 2.09. The van der Waals surface area contributed by atoms with Crippen LogP contribution in [-0.2, 0) is 15.6 Å². The number of rotatable bonds is 5. The van der Waals surface area contributed by atoms with E-state index in [1.807, 2.05) is 13.8 Å². The molecule has 0 spiro atoms. The summed E-state index contributed by atoms with van der Waals surface area (Å²) < 4.78 is 11.2. The standard InChI is InChI=1S/C11H22N2O2S/c1-3-12-8-9(2)11(14)13-10-4-6-16(15)7-5-10/h9-10,12H,3-8H2,1-2H3,(H,13,14). The van der Waals surface area contributed by atoms with Crippen molar-refractivity contribution in [1.29, 1.82) is 0 Å². The Bertz CT molecular complexity index is 248. The molecule has 1 saturated heterocycles. The lowest BCUT2D eigenvalue weighted by molar-refractivity contribution is -0.125. The summed E-state index contributed by atoms with van der Waals surface area (Å²) in [6.45, 7) is 5.57. The van der Waals surface area contributed by atoms with Gasteiger partial charge in [0, 0.05) is 40.8 Å². The fourth-order valence-corrected chi connectivity index (χ4v) is 3.03. The van der Waals surface area contributed by atoms with Gasteiger partial charge < -0.3 is 10.6 Å². The van der Waals surface area contributed by atoms with Crippen molar-refractivity contribution in [2.24, 2.45) is 5.92 Å².